The van der Waals surface area contributed by atoms with Gasteiger partial charge in [-0.1, -0.05) is 0 Å². The highest BCUT2D eigenvalue weighted by molar-refractivity contribution is 5.64. The van der Waals surface area contributed by atoms with Gasteiger partial charge < -0.3 is 9.47 Å². The van der Waals surface area contributed by atoms with E-state index in [0.29, 0.717) is 5.92 Å². The van der Waals surface area contributed by atoms with Crippen molar-refractivity contribution in [2.45, 2.75) is 13.5 Å². The highest BCUT2D eigenvalue weighted by Crippen LogP contribution is 2.26. The number of anilines is 1. The van der Waals surface area contributed by atoms with Crippen LogP contribution in [0.2, 0.25) is 0 Å². The lowest BCUT2D eigenvalue weighted by Gasteiger charge is -2.40. The van der Waals surface area contributed by atoms with Crippen LogP contribution in [0.15, 0.2) is 31.1 Å². The van der Waals surface area contributed by atoms with Gasteiger partial charge in [-0.2, -0.15) is 0 Å². The molecule has 4 heterocycles. The molecule has 0 atom stereocenters. The quantitative estimate of drug-likeness (QED) is 0.702. The van der Waals surface area contributed by atoms with Gasteiger partial charge in [0, 0.05) is 50.3 Å². The summed E-state index contributed by atoms with van der Waals surface area (Å²) in [6.07, 6.45) is 9.39. The summed E-state index contributed by atoms with van der Waals surface area (Å²) in [7, 11) is 0. The van der Waals surface area contributed by atoms with E-state index in [2.05, 4.69) is 29.6 Å². The number of hydrogen-bond donors (Lipinski definition) is 0. The summed E-state index contributed by atoms with van der Waals surface area (Å²) in [5.41, 5.74) is 0.839. The van der Waals surface area contributed by atoms with E-state index in [-0.39, 0.29) is 0 Å². The number of hydrogen-bond acceptors (Lipinski definition) is 5. The predicted molar refractivity (Wildman–Crippen MR) is 73.4 cm³/mol. The van der Waals surface area contributed by atoms with E-state index in [0.717, 1.165) is 36.9 Å². The average molecular weight is 269 g/mol. The fourth-order valence-corrected chi connectivity index (χ4v) is 2.70. The first-order valence-corrected chi connectivity index (χ1v) is 6.68. The first-order valence-electron chi connectivity index (χ1n) is 6.68. The number of nitrogens with zero attached hydrogens (tertiary/aromatic N) is 7. The Kier molecular flexibility index (Phi) is 2.45. The summed E-state index contributed by atoms with van der Waals surface area (Å²) in [4.78, 5) is 10.8. The van der Waals surface area contributed by atoms with Gasteiger partial charge in [-0.25, -0.2) is 9.97 Å². The van der Waals surface area contributed by atoms with Gasteiger partial charge in [0.05, 0.1) is 6.33 Å². The van der Waals surface area contributed by atoms with E-state index in [1.807, 2.05) is 42.4 Å². The van der Waals surface area contributed by atoms with Gasteiger partial charge in [0.15, 0.2) is 5.82 Å². The molecule has 1 aliphatic rings. The summed E-state index contributed by atoms with van der Waals surface area (Å²) >= 11 is 0. The van der Waals surface area contributed by atoms with Crippen molar-refractivity contribution in [3.63, 3.8) is 0 Å². The minimum Gasteiger partial charge on any atom is -0.353 e. The lowest BCUT2D eigenvalue weighted by molar-refractivity contribution is 0.355. The van der Waals surface area contributed by atoms with Crippen LogP contribution in [0.1, 0.15) is 5.82 Å². The van der Waals surface area contributed by atoms with Crippen molar-refractivity contribution in [2.75, 3.05) is 18.0 Å². The molecular formula is C13H15N7. The Morgan fingerprint density at radius 1 is 1.20 bits per heavy atom. The normalized spacial score (nSPS) is 15.8. The van der Waals surface area contributed by atoms with Crippen molar-refractivity contribution >= 4 is 11.5 Å². The maximum atomic E-state index is 4.46. The number of rotatable bonds is 3. The molecule has 0 aromatic carbocycles. The molecule has 3 aromatic heterocycles. The summed E-state index contributed by atoms with van der Waals surface area (Å²) in [5, 5.41) is 8.33. The van der Waals surface area contributed by atoms with Gasteiger partial charge in [0.2, 0.25) is 5.65 Å². The third-order valence-corrected chi connectivity index (χ3v) is 3.76. The van der Waals surface area contributed by atoms with Crippen LogP contribution in [-0.2, 0) is 6.54 Å². The fourth-order valence-electron chi connectivity index (χ4n) is 2.70. The van der Waals surface area contributed by atoms with E-state index in [1.165, 1.54) is 0 Å². The molecule has 0 N–H and O–H groups in total. The SMILES string of the molecule is Cc1nnc2c(N3CC(Cn4ccnc4)C3)nccn12. The van der Waals surface area contributed by atoms with Gasteiger partial charge in [-0.05, 0) is 6.92 Å². The Balaban J connectivity index is 1.52. The van der Waals surface area contributed by atoms with Gasteiger partial charge in [0.25, 0.3) is 0 Å². The maximum Gasteiger partial charge on any atom is 0.203 e. The van der Waals surface area contributed by atoms with Crippen LogP contribution in [0.3, 0.4) is 0 Å². The smallest absolute Gasteiger partial charge is 0.203 e. The van der Waals surface area contributed by atoms with Crippen molar-refractivity contribution in [3.8, 4) is 0 Å². The molecule has 1 aliphatic heterocycles. The topological polar surface area (TPSA) is 64.1 Å². The van der Waals surface area contributed by atoms with E-state index in [1.54, 1.807) is 0 Å². The van der Waals surface area contributed by atoms with Crippen LogP contribution in [0.25, 0.3) is 5.65 Å². The van der Waals surface area contributed by atoms with E-state index in [4.69, 9.17) is 0 Å². The first kappa shape index (κ1) is 11.4. The lowest BCUT2D eigenvalue weighted by atomic mass is 10.0. The second-order valence-corrected chi connectivity index (χ2v) is 5.22. The molecule has 3 aromatic rings. The molecule has 7 nitrogen and oxygen atoms in total. The summed E-state index contributed by atoms with van der Waals surface area (Å²) < 4.78 is 4.10. The van der Waals surface area contributed by atoms with Crippen LogP contribution in [0.4, 0.5) is 5.82 Å². The van der Waals surface area contributed by atoms with Crippen LogP contribution < -0.4 is 4.90 Å². The van der Waals surface area contributed by atoms with Crippen molar-refractivity contribution in [2.24, 2.45) is 5.92 Å². The minimum absolute atomic E-state index is 0.635. The van der Waals surface area contributed by atoms with Gasteiger partial charge in [0.1, 0.15) is 5.82 Å². The molecule has 0 amide bonds. The minimum atomic E-state index is 0.635. The molecule has 1 fully saturated rings. The second kappa shape index (κ2) is 4.29. The summed E-state index contributed by atoms with van der Waals surface area (Å²) in [5.74, 6) is 2.45. The largest absolute Gasteiger partial charge is 0.353 e. The van der Waals surface area contributed by atoms with Crippen LogP contribution >= 0.6 is 0 Å². The molecular weight excluding hydrogens is 254 g/mol. The molecule has 4 rings (SSSR count). The van der Waals surface area contributed by atoms with E-state index >= 15 is 0 Å². The molecule has 0 bridgehead atoms. The molecule has 0 spiro atoms. The van der Waals surface area contributed by atoms with Crippen LogP contribution in [0, 0.1) is 12.8 Å². The Morgan fingerprint density at radius 3 is 2.90 bits per heavy atom. The maximum absolute atomic E-state index is 4.46. The Morgan fingerprint density at radius 2 is 2.10 bits per heavy atom. The molecule has 102 valence electrons. The molecule has 0 aliphatic carbocycles. The zero-order valence-electron chi connectivity index (χ0n) is 11.2. The molecule has 7 heteroatoms. The third kappa shape index (κ3) is 1.74. The fraction of sp³-hybridized carbons (Fsp3) is 0.385. The lowest BCUT2D eigenvalue weighted by Crippen LogP contribution is -2.49. The Hall–Kier alpha value is -2.44. The third-order valence-electron chi connectivity index (χ3n) is 3.76. The van der Waals surface area contributed by atoms with Crippen molar-refractivity contribution < 1.29 is 0 Å². The highest BCUT2D eigenvalue weighted by Gasteiger charge is 2.29. The van der Waals surface area contributed by atoms with Gasteiger partial charge >= 0.3 is 0 Å². The van der Waals surface area contributed by atoms with Crippen molar-refractivity contribution in [1.29, 1.82) is 0 Å². The van der Waals surface area contributed by atoms with Crippen LogP contribution in [0.5, 0.6) is 0 Å². The Labute approximate surface area is 115 Å². The van der Waals surface area contributed by atoms with E-state index < -0.39 is 0 Å². The Bertz CT molecular complexity index is 724. The average Bonchev–Trinajstić information content (AvgIpc) is 3.04. The van der Waals surface area contributed by atoms with E-state index in [9.17, 15) is 0 Å². The molecule has 20 heavy (non-hydrogen) atoms. The standard InChI is InChI=1S/C13H15N7/c1-10-16-17-13-12(15-3-5-20(10)13)19-7-11(8-19)6-18-4-2-14-9-18/h2-5,9,11H,6-8H2,1H3. The monoisotopic (exact) mass is 269 g/mol. The molecule has 0 saturated carbocycles. The van der Waals surface area contributed by atoms with Crippen molar-refractivity contribution in [1.82, 2.24) is 29.1 Å². The number of aryl methyl sites for hydroxylation is 1. The predicted octanol–water partition coefficient (Wildman–Crippen LogP) is 0.766. The van der Waals surface area contributed by atoms with Crippen LogP contribution in [-0.4, -0.2) is 42.2 Å². The van der Waals surface area contributed by atoms with Crippen molar-refractivity contribution in [3.05, 3.63) is 36.9 Å². The highest BCUT2D eigenvalue weighted by atomic mass is 15.3. The molecule has 0 radical (unpaired) electrons. The van der Waals surface area contributed by atoms with Gasteiger partial charge in [-0.3, -0.25) is 4.40 Å². The number of imidazole rings is 1. The second-order valence-electron chi connectivity index (χ2n) is 5.22. The van der Waals surface area contributed by atoms with Gasteiger partial charge in [-0.15, -0.1) is 10.2 Å². The molecule has 1 saturated heterocycles. The number of aromatic nitrogens is 6. The zero-order valence-corrected chi connectivity index (χ0v) is 11.2. The molecule has 0 unspecified atom stereocenters. The number of fused-ring (bicyclic) bond motifs is 1. The summed E-state index contributed by atoms with van der Waals surface area (Å²) in [6.45, 7) is 4.95. The summed E-state index contributed by atoms with van der Waals surface area (Å²) in [6, 6.07) is 0. The zero-order chi connectivity index (χ0) is 13.5. The first-order chi connectivity index (χ1) is 9.81.